The molecule has 1 aliphatic carbocycles. The minimum absolute atomic E-state index is 0.660. The molecule has 0 atom stereocenters. The fourth-order valence-electron chi connectivity index (χ4n) is 2.80. The van der Waals surface area contributed by atoms with Crippen molar-refractivity contribution in [3.05, 3.63) is 23.5 Å². The molecule has 2 aromatic rings. The van der Waals surface area contributed by atoms with Gasteiger partial charge in [0.1, 0.15) is 0 Å². The van der Waals surface area contributed by atoms with Crippen LogP contribution >= 0.6 is 0 Å². The molecule has 1 aromatic heterocycles. The number of hydrogen-bond acceptors (Lipinski definition) is 4. The zero-order valence-corrected chi connectivity index (χ0v) is 11.0. The number of rotatable bonds is 2. The summed E-state index contributed by atoms with van der Waals surface area (Å²) < 4.78 is 0. The van der Waals surface area contributed by atoms with Crippen molar-refractivity contribution in [2.75, 3.05) is 18.4 Å². The molecule has 5 nitrogen and oxygen atoms in total. The highest BCUT2D eigenvalue weighted by Crippen LogP contribution is 2.46. The fraction of sp³-hybridized carbons (Fsp3) is 0.429. The molecule has 2 aliphatic rings. The standard InChI is InChI=1S/C14H17N5/c1-8-6-10(19-14-15-4-5-16-14)11(9-2-3-9)13-12(8)17-7-18-13/h6-7,9H,2-5H2,1H3,(H,17,18)(H2,15,16,19). The van der Waals surface area contributed by atoms with Crippen LogP contribution in [0.5, 0.6) is 0 Å². The van der Waals surface area contributed by atoms with Crippen molar-refractivity contribution >= 4 is 22.7 Å². The first-order valence-electron chi connectivity index (χ1n) is 6.85. The molecule has 1 fully saturated rings. The van der Waals surface area contributed by atoms with Crippen LogP contribution in [-0.4, -0.2) is 29.0 Å². The normalized spacial score (nSPS) is 18.5. The monoisotopic (exact) mass is 255 g/mol. The molecule has 0 amide bonds. The summed E-state index contributed by atoms with van der Waals surface area (Å²) in [7, 11) is 0. The SMILES string of the molecule is Cc1cc(NC2=NCCN2)c(C2CC2)c2[nH]cnc12. The number of guanidine groups is 1. The Bertz CT molecular complexity index is 666. The van der Waals surface area contributed by atoms with Gasteiger partial charge < -0.3 is 15.6 Å². The van der Waals surface area contributed by atoms with E-state index in [9.17, 15) is 0 Å². The van der Waals surface area contributed by atoms with Crippen LogP contribution in [0.25, 0.3) is 11.0 Å². The maximum absolute atomic E-state index is 4.43. The Morgan fingerprint density at radius 3 is 3.00 bits per heavy atom. The van der Waals surface area contributed by atoms with E-state index in [0.29, 0.717) is 5.92 Å². The van der Waals surface area contributed by atoms with Gasteiger partial charge in [-0.05, 0) is 37.3 Å². The van der Waals surface area contributed by atoms with Gasteiger partial charge >= 0.3 is 0 Å². The molecule has 5 heteroatoms. The van der Waals surface area contributed by atoms with E-state index in [-0.39, 0.29) is 0 Å². The molecule has 4 rings (SSSR count). The number of aromatic amines is 1. The van der Waals surface area contributed by atoms with Gasteiger partial charge in [-0.1, -0.05) is 0 Å². The van der Waals surface area contributed by atoms with E-state index in [1.807, 2.05) is 0 Å². The van der Waals surface area contributed by atoms with Crippen LogP contribution in [0.3, 0.4) is 0 Å². The van der Waals surface area contributed by atoms with Crippen LogP contribution in [0.4, 0.5) is 5.69 Å². The van der Waals surface area contributed by atoms with E-state index in [0.717, 1.165) is 24.6 Å². The van der Waals surface area contributed by atoms with E-state index in [2.05, 4.69) is 38.6 Å². The minimum atomic E-state index is 0.660. The first-order chi connectivity index (χ1) is 9.33. The largest absolute Gasteiger partial charge is 0.354 e. The molecule has 0 unspecified atom stereocenters. The summed E-state index contributed by atoms with van der Waals surface area (Å²) in [5.74, 6) is 1.55. The number of benzene rings is 1. The van der Waals surface area contributed by atoms with E-state index in [4.69, 9.17) is 0 Å². The summed E-state index contributed by atoms with van der Waals surface area (Å²) in [6, 6.07) is 2.19. The highest BCUT2D eigenvalue weighted by Gasteiger charge is 2.30. The number of hydrogen-bond donors (Lipinski definition) is 3. The number of aryl methyl sites for hydroxylation is 1. The lowest BCUT2D eigenvalue weighted by Crippen LogP contribution is -2.26. The highest BCUT2D eigenvalue weighted by molar-refractivity contribution is 5.99. The van der Waals surface area contributed by atoms with Gasteiger partial charge in [-0.3, -0.25) is 4.99 Å². The summed E-state index contributed by atoms with van der Waals surface area (Å²) >= 11 is 0. The predicted molar refractivity (Wildman–Crippen MR) is 76.7 cm³/mol. The number of imidazole rings is 1. The van der Waals surface area contributed by atoms with Crippen LogP contribution in [0, 0.1) is 6.92 Å². The summed E-state index contributed by atoms with van der Waals surface area (Å²) in [5.41, 5.74) is 6.01. The Labute approximate surface area is 111 Å². The Morgan fingerprint density at radius 2 is 2.26 bits per heavy atom. The van der Waals surface area contributed by atoms with Crippen LogP contribution in [-0.2, 0) is 0 Å². The third-order valence-electron chi connectivity index (χ3n) is 3.85. The zero-order chi connectivity index (χ0) is 12.8. The van der Waals surface area contributed by atoms with Gasteiger partial charge in [0.15, 0.2) is 5.96 Å². The van der Waals surface area contributed by atoms with Crippen molar-refractivity contribution in [2.24, 2.45) is 4.99 Å². The number of nitrogens with zero attached hydrogens (tertiary/aromatic N) is 2. The van der Waals surface area contributed by atoms with Crippen LogP contribution in [0.1, 0.15) is 29.9 Å². The maximum Gasteiger partial charge on any atom is 0.195 e. The Kier molecular flexibility index (Phi) is 2.27. The number of fused-ring (bicyclic) bond motifs is 1. The third-order valence-corrected chi connectivity index (χ3v) is 3.85. The third kappa shape index (κ3) is 1.77. The lowest BCUT2D eigenvalue weighted by molar-refractivity contribution is 0.959. The van der Waals surface area contributed by atoms with Gasteiger partial charge in [0.2, 0.25) is 0 Å². The van der Waals surface area contributed by atoms with Gasteiger partial charge in [0.05, 0.1) is 23.9 Å². The average Bonchev–Trinajstić information content (AvgIpc) is 2.90. The van der Waals surface area contributed by atoms with E-state index < -0.39 is 0 Å². The van der Waals surface area contributed by atoms with Gasteiger partial charge in [-0.25, -0.2) is 4.98 Å². The lowest BCUT2D eigenvalue weighted by atomic mass is 10.0. The Balaban J connectivity index is 1.85. The first kappa shape index (κ1) is 10.8. The van der Waals surface area contributed by atoms with Crippen LogP contribution in [0.2, 0.25) is 0 Å². The quantitative estimate of drug-likeness (QED) is 0.770. The van der Waals surface area contributed by atoms with Crippen LogP contribution in [0.15, 0.2) is 17.4 Å². The van der Waals surface area contributed by atoms with Gasteiger partial charge in [-0.2, -0.15) is 0 Å². The lowest BCUT2D eigenvalue weighted by Gasteiger charge is -2.14. The van der Waals surface area contributed by atoms with Crippen molar-refractivity contribution in [3.63, 3.8) is 0 Å². The molecule has 0 radical (unpaired) electrons. The molecule has 1 aliphatic heterocycles. The molecule has 0 bridgehead atoms. The van der Waals surface area contributed by atoms with Crippen LogP contribution < -0.4 is 10.6 Å². The van der Waals surface area contributed by atoms with Crippen molar-refractivity contribution in [1.29, 1.82) is 0 Å². The second-order valence-corrected chi connectivity index (χ2v) is 5.34. The van der Waals surface area contributed by atoms with Gasteiger partial charge in [0, 0.05) is 17.8 Å². The maximum atomic E-state index is 4.43. The zero-order valence-electron chi connectivity index (χ0n) is 11.0. The molecular formula is C14H17N5. The molecule has 0 spiro atoms. The Morgan fingerprint density at radius 1 is 1.37 bits per heavy atom. The van der Waals surface area contributed by atoms with E-state index in [1.165, 1.54) is 35.2 Å². The fourth-order valence-corrected chi connectivity index (χ4v) is 2.80. The van der Waals surface area contributed by atoms with Crippen molar-refractivity contribution in [1.82, 2.24) is 15.3 Å². The minimum Gasteiger partial charge on any atom is -0.354 e. The summed E-state index contributed by atoms with van der Waals surface area (Å²) in [6.45, 7) is 3.88. The number of nitrogens with one attached hydrogen (secondary N) is 3. The second-order valence-electron chi connectivity index (χ2n) is 5.34. The topological polar surface area (TPSA) is 65.1 Å². The highest BCUT2D eigenvalue weighted by atomic mass is 15.2. The molecule has 1 aromatic carbocycles. The van der Waals surface area contributed by atoms with Crippen molar-refractivity contribution < 1.29 is 0 Å². The molecule has 3 N–H and O–H groups in total. The smallest absolute Gasteiger partial charge is 0.195 e. The average molecular weight is 255 g/mol. The molecule has 19 heavy (non-hydrogen) atoms. The van der Waals surface area contributed by atoms with Crippen molar-refractivity contribution in [3.8, 4) is 0 Å². The summed E-state index contributed by atoms with van der Waals surface area (Å²) in [4.78, 5) is 12.2. The Hall–Kier alpha value is -2.04. The molecule has 0 saturated heterocycles. The van der Waals surface area contributed by atoms with E-state index >= 15 is 0 Å². The second kappa shape index (κ2) is 3.98. The van der Waals surface area contributed by atoms with Gasteiger partial charge in [0.25, 0.3) is 0 Å². The van der Waals surface area contributed by atoms with Crippen molar-refractivity contribution in [2.45, 2.75) is 25.7 Å². The molecule has 2 heterocycles. The molecule has 1 saturated carbocycles. The van der Waals surface area contributed by atoms with Gasteiger partial charge in [-0.15, -0.1) is 0 Å². The first-order valence-corrected chi connectivity index (χ1v) is 6.85. The number of H-pyrrole nitrogens is 1. The number of anilines is 1. The molecule has 98 valence electrons. The summed E-state index contributed by atoms with van der Waals surface area (Å²) in [6.07, 6.45) is 4.33. The van der Waals surface area contributed by atoms with E-state index in [1.54, 1.807) is 6.33 Å². The number of aromatic nitrogens is 2. The molecular weight excluding hydrogens is 238 g/mol. The summed E-state index contributed by atoms with van der Waals surface area (Å²) in [5, 5.41) is 6.71. The number of aliphatic imine (C=N–C) groups is 1. The predicted octanol–water partition coefficient (Wildman–Crippen LogP) is 2.12.